The summed E-state index contributed by atoms with van der Waals surface area (Å²) in [6.07, 6.45) is 1.98. The Kier molecular flexibility index (Phi) is 3.69. The molecule has 2 aromatic carbocycles. The smallest absolute Gasteiger partial charge is 0.129 e. The van der Waals surface area contributed by atoms with E-state index < -0.39 is 0 Å². The summed E-state index contributed by atoms with van der Waals surface area (Å²) in [6.45, 7) is 1.73. The van der Waals surface area contributed by atoms with E-state index in [4.69, 9.17) is 5.26 Å². The maximum absolute atomic E-state index is 13.9. The van der Waals surface area contributed by atoms with E-state index in [0.29, 0.717) is 16.8 Å². The van der Waals surface area contributed by atoms with Crippen molar-refractivity contribution in [2.45, 2.75) is 25.8 Å². The van der Waals surface area contributed by atoms with Crippen LogP contribution >= 0.6 is 15.9 Å². The molecule has 2 aromatic rings. The Morgan fingerprint density at radius 1 is 1.33 bits per heavy atom. The van der Waals surface area contributed by atoms with Crippen molar-refractivity contribution in [1.29, 1.82) is 5.26 Å². The highest BCUT2D eigenvalue weighted by molar-refractivity contribution is 9.10. The molecule has 1 aliphatic rings. The lowest BCUT2D eigenvalue weighted by atomic mass is 10.1. The molecule has 21 heavy (non-hydrogen) atoms. The maximum Gasteiger partial charge on any atom is 0.129 e. The van der Waals surface area contributed by atoms with Crippen molar-refractivity contribution in [3.05, 3.63) is 62.9 Å². The van der Waals surface area contributed by atoms with Crippen molar-refractivity contribution in [1.82, 2.24) is 0 Å². The van der Waals surface area contributed by atoms with Gasteiger partial charge in [-0.1, -0.05) is 22.0 Å². The zero-order chi connectivity index (χ0) is 15.0. The van der Waals surface area contributed by atoms with Gasteiger partial charge in [-0.15, -0.1) is 0 Å². The molecule has 0 radical (unpaired) electrons. The van der Waals surface area contributed by atoms with Crippen molar-refractivity contribution < 1.29 is 4.39 Å². The largest absolute Gasteiger partial charge is 0.378 e. The van der Waals surface area contributed by atoms with Crippen LogP contribution in [-0.2, 0) is 6.42 Å². The minimum Gasteiger partial charge on any atom is -0.378 e. The maximum atomic E-state index is 13.9. The molecule has 1 N–H and O–H groups in total. The molecule has 1 unspecified atom stereocenters. The fraction of sp³-hybridized carbons (Fsp3) is 0.235. The number of anilines is 1. The highest BCUT2D eigenvalue weighted by atomic mass is 79.9. The van der Waals surface area contributed by atoms with Crippen LogP contribution in [-0.4, -0.2) is 0 Å². The van der Waals surface area contributed by atoms with Crippen LogP contribution in [0.25, 0.3) is 0 Å². The summed E-state index contributed by atoms with van der Waals surface area (Å²) >= 11 is 3.49. The van der Waals surface area contributed by atoms with Crippen molar-refractivity contribution in [3.8, 4) is 6.07 Å². The number of benzene rings is 2. The lowest BCUT2D eigenvalue weighted by molar-refractivity contribution is 0.617. The van der Waals surface area contributed by atoms with E-state index in [9.17, 15) is 4.39 Å². The second kappa shape index (κ2) is 5.50. The third kappa shape index (κ3) is 2.66. The third-order valence-corrected chi connectivity index (χ3v) is 4.48. The Hall–Kier alpha value is -1.86. The SMILES string of the molecule is Cc1c(F)cc(C#N)cc1NC1CCc2cc(Br)ccc21. The van der Waals surface area contributed by atoms with E-state index in [-0.39, 0.29) is 11.9 Å². The first-order chi connectivity index (χ1) is 10.1. The second-order valence-corrected chi connectivity index (χ2v) is 6.24. The molecule has 0 aliphatic heterocycles. The predicted octanol–water partition coefficient (Wildman–Crippen LogP) is 4.87. The molecule has 4 heteroatoms. The molecule has 3 rings (SSSR count). The lowest BCUT2D eigenvalue weighted by Gasteiger charge is -2.18. The summed E-state index contributed by atoms with van der Waals surface area (Å²) in [6, 6.07) is 11.4. The second-order valence-electron chi connectivity index (χ2n) is 5.32. The van der Waals surface area contributed by atoms with Gasteiger partial charge >= 0.3 is 0 Å². The average molecular weight is 345 g/mol. The molecule has 0 heterocycles. The highest BCUT2D eigenvalue weighted by Crippen LogP contribution is 2.36. The molecular weight excluding hydrogens is 331 g/mol. The van der Waals surface area contributed by atoms with Gasteiger partial charge in [-0.2, -0.15) is 5.26 Å². The highest BCUT2D eigenvalue weighted by Gasteiger charge is 2.23. The van der Waals surface area contributed by atoms with Gasteiger partial charge in [0.2, 0.25) is 0 Å². The monoisotopic (exact) mass is 344 g/mol. The van der Waals surface area contributed by atoms with Gasteiger partial charge in [0.15, 0.2) is 0 Å². The molecule has 0 saturated heterocycles. The van der Waals surface area contributed by atoms with Gasteiger partial charge in [-0.25, -0.2) is 4.39 Å². The van der Waals surface area contributed by atoms with Crippen LogP contribution < -0.4 is 5.32 Å². The fourth-order valence-electron chi connectivity index (χ4n) is 2.82. The summed E-state index contributed by atoms with van der Waals surface area (Å²) in [7, 11) is 0. The summed E-state index contributed by atoms with van der Waals surface area (Å²) < 4.78 is 14.9. The number of halogens is 2. The summed E-state index contributed by atoms with van der Waals surface area (Å²) in [5.74, 6) is -0.342. The molecule has 2 nitrogen and oxygen atoms in total. The topological polar surface area (TPSA) is 35.8 Å². The molecule has 0 fully saturated rings. The van der Waals surface area contributed by atoms with Crippen LogP contribution in [0.2, 0.25) is 0 Å². The van der Waals surface area contributed by atoms with E-state index in [0.717, 1.165) is 17.3 Å². The Labute approximate surface area is 131 Å². The predicted molar refractivity (Wildman–Crippen MR) is 84.7 cm³/mol. The molecule has 0 saturated carbocycles. The number of hydrogen-bond acceptors (Lipinski definition) is 2. The molecule has 0 aromatic heterocycles. The number of nitriles is 1. The molecule has 1 aliphatic carbocycles. The van der Waals surface area contributed by atoms with Gasteiger partial charge in [0.25, 0.3) is 0 Å². The quantitative estimate of drug-likeness (QED) is 0.843. The van der Waals surface area contributed by atoms with Crippen LogP contribution in [0, 0.1) is 24.1 Å². The van der Waals surface area contributed by atoms with Gasteiger partial charge < -0.3 is 5.32 Å². The van der Waals surface area contributed by atoms with Crippen molar-refractivity contribution >= 4 is 21.6 Å². The molecule has 0 bridgehead atoms. The Bertz CT molecular complexity index is 749. The first-order valence-electron chi connectivity index (χ1n) is 6.83. The fourth-order valence-corrected chi connectivity index (χ4v) is 3.23. The normalized spacial score (nSPS) is 16.4. The molecule has 1 atom stereocenters. The first kappa shape index (κ1) is 14.1. The van der Waals surface area contributed by atoms with E-state index in [1.54, 1.807) is 13.0 Å². The van der Waals surface area contributed by atoms with Gasteiger partial charge in [0.1, 0.15) is 5.82 Å². The van der Waals surface area contributed by atoms with Crippen LogP contribution in [0.1, 0.15) is 34.7 Å². The van der Waals surface area contributed by atoms with Crippen LogP contribution in [0.3, 0.4) is 0 Å². The Morgan fingerprint density at radius 2 is 2.14 bits per heavy atom. The van der Waals surface area contributed by atoms with E-state index in [1.165, 1.54) is 17.2 Å². The number of aryl methyl sites for hydroxylation is 1. The van der Waals surface area contributed by atoms with Crippen LogP contribution in [0.15, 0.2) is 34.8 Å². The summed E-state index contributed by atoms with van der Waals surface area (Å²) in [5.41, 5.74) is 4.17. The average Bonchev–Trinajstić information content (AvgIpc) is 2.85. The Morgan fingerprint density at radius 3 is 2.90 bits per heavy atom. The third-order valence-electron chi connectivity index (χ3n) is 3.99. The van der Waals surface area contributed by atoms with E-state index in [1.807, 2.05) is 12.1 Å². The van der Waals surface area contributed by atoms with Crippen molar-refractivity contribution in [2.75, 3.05) is 5.32 Å². The number of fused-ring (bicyclic) bond motifs is 1. The molecular formula is C17H14BrFN2. The standard InChI is InChI=1S/C17H14BrFN2/c1-10-15(19)6-11(9-20)7-17(10)21-16-5-2-12-8-13(18)3-4-14(12)16/h3-4,6-8,16,21H,2,5H2,1H3. The van der Waals surface area contributed by atoms with Crippen LogP contribution in [0.4, 0.5) is 10.1 Å². The summed E-state index contributed by atoms with van der Waals surface area (Å²) in [5, 5.41) is 12.4. The van der Waals surface area contributed by atoms with Crippen molar-refractivity contribution in [3.63, 3.8) is 0 Å². The lowest BCUT2D eigenvalue weighted by Crippen LogP contribution is -2.09. The number of nitrogens with zero attached hydrogens (tertiary/aromatic N) is 1. The van der Waals surface area contributed by atoms with Crippen LogP contribution in [0.5, 0.6) is 0 Å². The van der Waals surface area contributed by atoms with Gasteiger partial charge in [-0.3, -0.25) is 0 Å². The van der Waals surface area contributed by atoms with E-state index >= 15 is 0 Å². The van der Waals surface area contributed by atoms with E-state index in [2.05, 4.69) is 33.4 Å². The Balaban J connectivity index is 1.93. The summed E-state index contributed by atoms with van der Waals surface area (Å²) in [4.78, 5) is 0. The zero-order valence-corrected chi connectivity index (χ0v) is 13.2. The zero-order valence-electron chi connectivity index (χ0n) is 11.6. The number of hydrogen-bond donors (Lipinski definition) is 1. The van der Waals surface area contributed by atoms with Gasteiger partial charge in [-0.05, 0) is 55.2 Å². The molecule has 0 amide bonds. The molecule has 0 spiro atoms. The first-order valence-corrected chi connectivity index (χ1v) is 7.63. The molecule has 106 valence electrons. The minimum atomic E-state index is -0.342. The van der Waals surface area contributed by atoms with Gasteiger partial charge in [0, 0.05) is 15.7 Å². The minimum absolute atomic E-state index is 0.167. The van der Waals surface area contributed by atoms with Gasteiger partial charge in [0.05, 0.1) is 17.7 Å². The van der Waals surface area contributed by atoms with Crippen molar-refractivity contribution in [2.24, 2.45) is 0 Å². The number of nitrogens with one attached hydrogen (secondary N) is 1. The number of rotatable bonds is 2.